The summed E-state index contributed by atoms with van der Waals surface area (Å²) in [7, 11) is 1.73. The minimum Gasteiger partial charge on any atom is -0.489 e. The maximum absolute atomic E-state index is 5.87. The van der Waals surface area contributed by atoms with Crippen molar-refractivity contribution in [3.05, 3.63) is 41.0 Å². The van der Waals surface area contributed by atoms with Crippen LogP contribution in [0.4, 0.5) is 0 Å². The predicted octanol–water partition coefficient (Wildman–Crippen LogP) is 3.64. The van der Waals surface area contributed by atoms with Gasteiger partial charge in [-0.3, -0.25) is 4.99 Å². The van der Waals surface area contributed by atoms with Crippen molar-refractivity contribution in [2.45, 2.75) is 39.2 Å². The summed E-state index contributed by atoms with van der Waals surface area (Å²) in [5.74, 6) is 3.09. The molecular weight excluding hydrogens is 481 g/mol. The van der Waals surface area contributed by atoms with Gasteiger partial charge in [0.05, 0.1) is 6.54 Å². The fourth-order valence-electron chi connectivity index (χ4n) is 2.14. The molecular formula is C18H27ClIN5O2. The Morgan fingerprint density at radius 3 is 2.52 bits per heavy atom. The molecule has 0 spiro atoms. The van der Waals surface area contributed by atoms with Crippen molar-refractivity contribution in [3.63, 3.8) is 0 Å². The number of aromatic nitrogens is 2. The molecule has 0 aliphatic rings. The molecule has 0 fully saturated rings. The summed E-state index contributed by atoms with van der Waals surface area (Å²) in [6.45, 7) is 7.31. The fourth-order valence-corrected chi connectivity index (χ4v) is 2.27. The zero-order chi connectivity index (χ0) is 18.9. The van der Waals surface area contributed by atoms with Gasteiger partial charge in [-0.25, -0.2) is 0 Å². The van der Waals surface area contributed by atoms with Crippen molar-refractivity contribution in [3.8, 4) is 5.75 Å². The number of hydrogen-bond donors (Lipinski definition) is 2. The number of nitrogens with zero attached hydrogens (tertiary/aromatic N) is 3. The van der Waals surface area contributed by atoms with Crippen LogP contribution in [0.15, 0.2) is 33.8 Å². The molecule has 7 nitrogen and oxygen atoms in total. The molecule has 0 aliphatic carbocycles. The van der Waals surface area contributed by atoms with E-state index in [-0.39, 0.29) is 36.0 Å². The molecule has 1 aromatic heterocycles. The van der Waals surface area contributed by atoms with Gasteiger partial charge in [0.25, 0.3) is 0 Å². The first-order valence-corrected chi connectivity index (χ1v) is 9.05. The monoisotopic (exact) mass is 507 g/mol. The Morgan fingerprint density at radius 2 is 1.93 bits per heavy atom. The molecule has 0 amide bonds. The number of aliphatic imine (C=N–C) groups is 1. The molecule has 1 unspecified atom stereocenters. The number of benzene rings is 1. The number of ether oxygens (including phenoxy) is 1. The largest absolute Gasteiger partial charge is 0.489 e. The van der Waals surface area contributed by atoms with Crippen LogP contribution < -0.4 is 15.4 Å². The van der Waals surface area contributed by atoms with Gasteiger partial charge in [0.2, 0.25) is 5.89 Å². The molecule has 2 rings (SSSR count). The van der Waals surface area contributed by atoms with Gasteiger partial charge >= 0.3 is 0 Å². The third-order valence-electron chi connectivity index (χ3n) is 3.56. The zero-order valence-electron chi connectivity index (χ0n) is 16.0. The summed E-state index contributed by atoms with van der Waals surface area (Å²) in [4.78, 5) is 8.55. The van der Waals surface area contributed by atoms with Gasteiger partial charge in [-0.2, -0.15) is 4.98 Å². The Bertz CT molecular complexity index is 706. The number of guanidine groups is 1. The molecule has 1 aromatic carbocycles. The highest BCUT2D eigenvalue weighted by molar-refractivity contribution is 14.0. The van der Waals surface area contributed by atoms with Crippen LogP contribution in [0.2, 0.25) is 5.02 Å². The van der Waals surface area contributed by atoms with E-state index < -0.39 is 0 Å². The smallest absolute Gasteiger partial charge is 0.228 e. The van der Waals surface area contributed by atoms with Crippen LogP contribution in [0.3, 0.4) is 0 Å². The summed E-state index contributed by atoms with van der Waals surface area (Å²) in [5, 5.41) is 11.1. The van der Waals surface area contributed by atoms with Crippen LogP contribution in [-0.2, 0) is 6.42 Å². The molecule has 1 atom stereocenters. The molecule has 2 aromatic rings. The van der Waals surface area contributed by atoms with E-state index in [9.17, 15) is 0 Å². The van der Waals surface area contributed by atoms with Crippen LogP contribution in [0.1, 0.15) is 38.4 Å². The first-order valence-electron chi connectivity index (χ1n) is 8.67. The maximum Gasteiger partial charge on any atom is 0.228 e. The van der Waals surface area contributed by atoms with E-state index in [2.05, 4.69) is 25.8 Å². The van der Waals surface area contributed by atoms with E-state index >= 15 is 0 Å². The van der Waals surface area contributed by atoms with Gasteiger partial charge in [-0.05, 0) is 31.2 Å². The molecule has 2 N–H and O–H groups in total. The van der Waals surface area contributed by atoms with Crippen molar-refractivity contribution >= 4 is 41.5 Å². The lowest BCUT2D eigenvalue weighted by Crippen LogP contribution is -2.42. The van der Waals surface area contributed by atoms with Gasteiger partial charge < -0.3 is 19.9 Å². The van der Waals surface area contributed by atoms with Gasteiger partial charge in [-0.15, -0.1) is 24.0 Å². The number of hydrogen-bond acceptors (Lipinski definition) is 5. The topological polar surface area (TPSA) is 84.6 Å². The molecule has 0 bridgehead atoms. The average molecular weight is 508 g/mol. The highest BCUT2D eigenvalue weighted by Crippen LogP contribution is 2.16. The highest BCUT2D eigenvalue weighted by atomic mass is 127. The highest BCUT2D eigenvalue weighted by Gasteiger charge is 2.10. The van der Waals surface area contributed by atoms with Crippen molar-refractivity contribution in [1.82, 2.24) is 20.8 Å². The van der Waals surface area contributed by atoms with Crippen molar-refractivity contribution in [1.29, 1.82) is 0 Å². The first kappa shape index (κ1) is 23.5. The molecule has 27 heavy (non-hydrogen) atoms. The SMILES string of the molecule is CN=C(NCCc1nc(C(C)C)no1)NCC(C)Oc1ccc(Cl)cc1.I. The van der Waals surface area contributed by atoms with Crippen LogP contribution in [0, 0.1) is 0 Å². The fraction of sp³-hybridized carbons (Fsp3) is 0.500. The quantitative estimate of drug-likeness (QED) is 0.322. The number of nitrogens with one attached hydrogen (secondary N) is 2. The summed E-state index contributed by atoms with van der Waals surface area (Å²) in [6, 6.07) is 7.31. The van der Waals surface area contributed by atoms with E-state index in [0.29, 0.717) is 36.4 Å². The van der Waals surface area contributed by atoms with E-state index in [4.69, 9.17) is 20.9 Å². The summed E-state index contributed by atoms with van der Waals surface area (Å²) < 4.78 is 11.0. The molecule has 9 heteroatoms. The second-order valence-corrected chi connectivity index (χ2v) is 6.65. The van der Waals surface area contributed by atoms with Crippen LogP contribution in [-0.4, -0.2) is 42.3 Å². The van der Waals surface area contributed by atoms with E-state index in [1.807, 2.05) is 32.9 Å². The minimum absolute atomic E-state index is 0. The zero-order valence-corrected chi connectivity index (χ0v) is 19.1. The lowest BCUT2D eigenvalue weighted by molar-refractivity contribution is 0.224. The lowest BCUT2D eigenvalue weighted by atomic mass is 10.2. The molecule has 0 saturated carbocycles. The second-order valence-electron chi connectivity index (χ2n) is 6.21. The molecule has 0 radical (unpaired) electrons. The number of rotatable bonds is 8. The molecule has 150 valence electrons. The van der Waals surface area contributed by atoms with Crippen molar-refractivity contribution in [2.75, 3.05) is 20.1 Å². The van der Waals surface area contributed by atoms with Crippen LogP contribution in [0.25, 0.3) is 0 Å². The minimum atomic E-state index is -0.0285. The van der Waals surface area contributed by atoms with Gasteiger partial charge in [0.1, 0.15) is 11.9 Å². The van der Waals surface area contributed by atoms with Crippen molar-refractivity contribution in [2.24, 2.45) is 4.99 Å². The Hall–Kier alpha value is -1.55. The first-order chi connectivity index (χ1) is 12.5. The third kappa shape index (κ3) is 8.34. The summed E-state index contributed by atoms with van der Waals surface area (Å²) >= 11 is 5.87. The Balaban J connectivity index is 0.00000364. The van der Waals surface area contributed by atoms with E-state index in [1.54, 1.807) is 19.2 Å². The lowest BCUT2D eigenvalue weighted by Gasteiger charge is -2.17. The molecule has 0 aliphatic heterocycles. The normalized spacial score (nSPS) is 12.4. The van der Waals surface area contributed by atoms with Crippen molar-refractivity contribution < 1.29 is 9.26 Å². The Morgan fingerprint density at radius 1 is 1.22 bits per heavy atom. The standard InChI is InChI=1S/C18H26ClN5O2.HI/c1-12(2)17-23-16(26-24-17)9-10-21-18(20-4)22-11-13(3)25-15-7-5-14(19)6-8-15;/h5-8,12-13H,9-11H2,1-4H3,(H2,20,21,22);1H. The second kappa shape index (κ2) is 12.0. The van der Waals surface area contributed by atoms with E-state index in [0.717, 1.165) is 11.6 Å². The maximum atomic E-state index is 5.87. The Kier molecular flexibility index (Phi) is 10.5. The van der Waals surface area contributed by atoms with E-state index in [1.165, 1.54) is 0 Å². The summed E-state index contributed by atoms with van der Waals surface area (Å²) in [5.41, 5.74) is 0. The van der Waals surface area contributed by atoms with Gasteiger partial charge in [-0.1, -0.05) is 30.6 Å². The average Bonchev–Trinajstić information content (AvgIpc) is 3.09. The Labute approximate surface area is 182 Å². The third-order valence-corrected chi connectivity index (χ3v) is 3.81. The molecule has 0 saturated heterocycles. The van der Waals surface area contributed by atoms with Gasteiger partial charge in [0.15, 0.2) is 11.8 Å². The number of halogens is 2. The molecule has 1 heterocycles. The van der Waals surface area contributed by atoms with Gasteiger partial charge in [0, 0.05) is 31.0 Å². The summed E-state index contributed by atoms with van der Waals surface area (Å²) in [6.07, 6.45) is 0.608. The predicted molar refractivity (Wildman–Crippen MR) is 118 cm³/mol. The van der Waals surface area contributed by atoms with Crippen LogP contribution >= 0.6 is 35.6 Å². The van der Waals surface area contributed by atoms with Crippen LogP contribution in [0.5, 0.6) is 5.75 Å².